The molecule has 8 heteroatoms. The van der Waals surface area contributed by atoms with Gasteiger partial charge < -0.3 is 15.4 Å². The highest BCUT2D eigenvalue weighted by atomic mass is 19.2. The van der Waals surface area contributed by atoms with Gasteiger partial charge in [-0.1, -0.05) is 0 Å². The maximum absolute atomic E-state index is 13.4. The monoisotopic (exact) mass is 384 g/mol. The number of carbonyl (C=O) groups excluding carboxylic acids is 1. The maximum Gasteiger partial charge on any atom is 0.274 e. The standard InChI is InChI=1S/C20H18F2N4O2/c1-3-28-15-7-4-13(5-8-15)24-19(27)18-10-12(2)23-20(26-18)25-14-6-9-16(21)17(22)11-14/h4-11H,3H2,1-2H3,(H,24,27)(H,23,25,26). The molecule has 144 valence electrons. The van der Waals surface area contributed by atoms with Gasteiger partial charge in [-0.2, -0.15) is 0 Å². The number of benzene rings is 2. The van der Waals surface area contributed by atoms with Gasteiger partial charge >= 0.3 is 0 Å². The van der Waals surface area contributed by atoms with Crippen molar-refractivity contribution in [1.82, 2.24) is 9.97 Å². The number of halogens is 2. The van der Waals surface area contributed by atoms with Gasteiger partial charge in [-0.3, -0.25) is 4.79 Å². The lowest BCUT2D eigenvalue weighted by Crippen LogP contribution is -2.15. The lowest BCUT2D eigenvalue weighted by atomic mass is 10.2. The van der Waals surface area contributed by atoms with Crippen molar-refractivity contribution in [3.05, 3.63) is 71.6 Å². The number of anilines is 3. The Bertz CT molecular complexity index is 994. The fourth-order valence-electron chi connectivity index (χ4n) is 2.44. The molecule has 2 N–H and O–H groups in total. The summed E-state index contributed by atoms with van der Waals surface area (Å²) in [5, 5.41) is 5.51. The number of nitrogens with one attached hydrogen (secondary N) is 2. The zero-order valence-electron chi connectivity index (χ0n) is 15.3. The van der Waals surface area contributed by atoms with E-state index in [9.17, 15) is 13.6 Å². The first-order valence-corrected chi connectivity index (χ1v) is 8.56. The molecule has 0 bridgehead atoms. The quantitative estimate of drug-likeness (QED) is 0.656. The number of aromatic nitrogens is 2. The fraction of sp³-hybridized carbons (Fsp3) is 0.150. The molecule has 3 aromatic rings. The van der Waals surface area contributed by atoms with Crippen molar-refractivity contribution >= 4 is 23.2 Å². The molecule has 6 nitrogen and oxygen atoms in total. The van der Waals surface area contributed by atoms with Crippen molar-refractivity contribution < 1.29 is 18.3 Å². The Hall–Kier alpha value is -3.55. The third-order valence-corrected chi connectivity index (χ3v) is 3.69. The van der Waals surface area contributed by atoms with Crippen LogP contribution in [0.2, 0.25) is 0 Å². The number of rotatable bonds is 6. The largest absolute Gasteiger partial charge is 0.494 e. The van der Waals surface area contributed by atoms with E-state index in [0.29, 0.717) is 23.7 Å². The second-order valence-electron chi connectivity index (χ2n) is 5.88. The third kappa shape index (κ3) is 4.79. The Balaban J connectivity index is 1.76. The first-order chi connectivity index (χ1) is 13.4. The Morgan fingerprint density at radius 1 is 1.00 bits per heavy atom. The number of hydrogen-bond donors (Lipinski definition) is 2. The average Bonchev–Trinajstić information content (AvgIpc) is 2.66. The fourth-order valence-corrected chi connectivity index (χ4v) is 2.44. The minimum absolute atomic E-state index is 0.0999. The van der Waals surface area contributed by atoms with Crippen molar-refractivity contribution in [2.45, 2.75) is 13.8 Å². The topological polar surface area (TPSA) is 76.1 Å². The molecule has 0 fully saturated rings. The molecule has 2 aromatic carbocycles. The summed E-state index contributed by atoms with van der Waals surface area (Å²) in [4.78, 5) is 20.8. The van der Waals surface area contributed by atoms with Crippen LogP contribution in [-0.4, -0.2) is 22.5 Å². The van der Waals surface area contributed by atoms with Crippen LogP contribution in [-0.2, 0) is 0 Å². The van der Waals surface area contributed by atoms with Crippen LogP contribution in [0.3, 0.4) is 0 Å². The Kier molecular flexibility index (Phi) is 5.78. The van der Waals surface area contributed by atoms with E-state index in [1.165, 1.54) is 12.1 Å². The van der Waals surface area contributed by atoms with Crippen molar-refractivity contribution in [2.24, 2.45) is 0 Å². The van der Waals surface area contributed by atoms with Crippen LogP contribution < -0.4 is 15.4 Å². The van der Waals surface area contributed by atoms with Crippen molar-refractivity contribution in [3.8, 4) is 5.75 Å². The van der Waals surface area contributed by atoms with E-state index < -0.39 is 17.5 Å². The minimum Gasteiger partial charge on any atom is -0.494 e. The second-order valence-corrected chi connectivity index (χ2v) is 5.88. The van der Waals surface area contributed by atoms with Gasteiger partial charge in [-0.25, -0.2) is 18.7 Å². The van der Waals surface area contributed by atoms with Crippen LogP contribution in [0.1, 0.15) is 23.1 Å². The molecule has 1 amide bonds. The van der Waals surface area contributed by atoms with Crippen molar-refractivity contribution in [3.63, 3.8) is 0 Å². The highest BCUT2D eigenvalue weighted by Gasteiger charge is 2.12. The summed E-state index contributed by atoms with van der Waals surface area (Å²) in [5.41, 5.74) is 1.52. The molecule has 1 heterocycles. The number of carbonyl (C=O) groups is 1. The maximum atomic E-state index is 13.4. The van der Waals surface area contributed by atoms with Gasteiger partial charge in [0.15, 0.2) is 11.6 Å². The van der Waals surface area contributed by atoms with E-state index in [4.69, 9.17) is 4.74 Å². The predicted molar refractivity (Wildman–Crippen MR) is 102 cm³/mol. The van der Waals surface area contributed by atoms with Crippen LogP contribution in [0.4, 0.5) is 26.1 Å². The van der Waals surface area contributed by atoms with Crippen LogP contribution >= 0.6 is 0 Å². The lowest BCUT2D eigenvalue weighted by Gasteiger charge is -2.10. The molecule has 0 atom stereocenters. The zero-order chi connectivity index (χ0) is 20.1. The molecule has 0 radical (unpaired) electrons. The summed E-state index contributed by atoms with van der Waals surface area (Å²) in [5.74, 6) is -1.57. The molecule has 0 saturated heterocycles. The lowest BCUT2D eigenvalue weighted by molar-refractivity contribution is 0.102. The van der Waals surface area contributed by atoms with E-state index in [0.717, 1.165) is 12.1 Å². The Morgan fingerprint density at radius 2 is 1.71 bits per heavy atom. The molecule has 1 aromatic heterocycles. The summed E-state index contributed by atoms with van der Waals surface area (Å²) in [6.45, 7) is 4.14. The summed E-state index contributed by atoms with van der Waals surface area (Å²) in [7, 11) is 0. The normalized spacial score (nSPS) is 10.4. The second kappa shape index (κ2) is 8.43. The van der Waals surface area contributed by atoms with Gasteiger partial charge in [0, 0.05) is 23.1 Å². The van der Waals surface area contributed by atoms with Gasteiger partial charge in [0.25, 0.3) is 5.91 Å². The predicted octanol–water partition coefficient (Wildman–Crippen LogP) is 4.46. The molecule has 0 unspecified atom stereocenters. The number of hydrogen-bond acceptors (Lipinski definition) is 5. The average molecular weight is 384 g/mol. The van der Waals surface area contributed by atoms with Crippen molar-refractivity contribution in [2.75, 3.05) is 17.2 Å². The van der Waals surface area contributed by atoms with Gasteiger partial charge in [0.05, 0.1) is 6.61 Å². The number of ether oxygens (including phenoxy) is 1. The molecule has 0 spiro atoms. The van der Waals surface area contributed by atoms with Crippen molar-refractivity contribution in [1.29, 1.82) is 0 Å². The van der Waals surface area contributed by atoms with Crippen LogP contribution in [0.15, 0.2) is 48.5 Å². The number of aryl methyl sites for hydroxylation is 1. The van der Waals surface area contributed by atoms with Crippen LogP contribution in [0.5, 0.6) is 5.75 Å². The van der Waals surface area contributed by atoms with Gasteiger partial charge in [0.1, 0.15) is 11.4 Å². The Labute approximate surface area is 160 Å². The Morgan fingerprint density at radius 3 is 2.39 bits per heavy atom. The van der Waals surface area contributed by atoms with Gasteiger partial charge in [-0.05, 0) is 56.3 Å². The molecule has 0 aliphatic heterocycles. The molecule has 0 saturated carbocycles. The highest BCUT2D eigenvalue weighted by Crippen LogP contribution is 2.19. The SMILES string of the molecule is CCOc1ccc(NC(=O)c2cc(C)nc(Nc3ccc(F)c(F)c3)n2)cc1. The molecule has 0 aliphatic rings. The molecular formula is C20H18F2N4O2. The van der Waals surface area contributed by atoms with Gasteiger partial charge in [0.2, 0.25) is 5.95 Å². The van der Waals surface area contributed by atoms with E-state index >= 15 is 0 Å². The van der Waals surface area contributed by atoms with E-state index in [2.05, 4.69) is 20.6 Å². The molecule has 28 heavy (non-hydrogen) atoms. The van der Waals surface area contributed by atoms with Crippen LogP contribution in [0, 0.1) is 18.6 Å². The first-order valence-electron chi connectivity index (χ1n) is 8.56. The first kappa shape index (κ1) is 19.2. The highest BCUT2D eigenvalue weighted by molar-refractivity contribution is 6.03. The molecule has 0 aliphatic carbocycles. The summed E-state index contributed by atoms with van der Waals surface area (Å²) in [6, 6.07) is 11.8. The van der Waals surface area contributed by atoms with E-state index in [-0.39, 0.29) is 17.3 Å². The summed E-state index contributed by atoms with van der Waals surface area (Å²) in [6.07, 6.45) is 0. The smallest absolute Gasteiger partial charge is 0.274 e. The third-order valence-electron chi connectivity index (χ3n) is 3.69. The number of amides is 1. The summed E-state index contributed by atoms with van der Waals surface area (Å²) < 4.78 is 31.8. The van der Waals surface area contributed by atoms with Crippen LogP contribution in [0.25, 0.3) is 0 Å². The summed E-state index contributed by atoms with van der Waals surface area (Å²) >= 11 is 0. The minimum atomic E-state index is -0.994. The molecular weight excluding hydrogens is 366 g/mol. The van der Waals surface area contributed by atoms with E-state index in [1.54, 1.807) is 31.2 Å². The zero-order valence-corrected chi connectivity index (χ0v) is 15.3. The van der Waals surface area contributed by atoms with Gasteiger partial charge in [-0.15, -0.1) is 0 Å². The van der Waals surface area contributed by atoms with E-state index in [1.807, 2.05) is 6.92 Å². The molecule has 3 rings (SSSR count). The number of nitrogens with zero attached hydrogens (tertiary/aromatic N) is 2.